The topological polar surface area (TPSA) is 76.7 Å². The molecule has 2 rings (SSSR count). The van der Waals surface area contributed by atoms with E-state index in [4.69, 9.17) is 32.7 Å². The molecule has 8 heteroatoms. The summed E-state index contributed by atoms with van der Waals surface area (Å²) in [6, 6.07) is 12.5. The fourth-order valence-electron chi connectivity index (χ4n) is 2.49. The average Bonchev–Trinajstić information content (AvgIpc) is 2.71. The van der Waals surface area contributed by atoms with Gasteiger partial charge in [0.05, 0.1) is 11.6 Å². The Morgan fingerprint density at radius 2 is 1.70 bits per heavy atom. The number of nitrogens with one attached hydrogen (secondary N) is 2. The van der Waals surface area contributed by atoms with E-state index < -0.39 is 12.0 Å². The molecule has 0 heterocycles. The van der Waals surface area contributed by atoms with E-state index in [1.165, 1.54) is 5.56 Å². The summed E-state index contributed by atoms with van der Waals surface area (Å²) < 4.78 is 11.1. The average molecular weight is 453 g/mol. The lowest BCUT2D eigenvalue weighted by Gasteiger charge is -2.16. The fraction of sp³-hybridized carbons (Fsp3) is 0.364. The predicted octanol–water partition coefficient (Wildman–Crippen LogP) is 4.89. The molecular formula is C22H26Cl2N2O4. The number of carbonyl (C=O) groups is 2. The van der Waals surface area contributed by atoms with Crippen LogP contribution in [0, 0.1) is 0 Å². The Morgan fingerprint density at radius 1 is 1.00 bits per heavy atom. The van der Waals surface area contributed by atoms with E-state index >= 15 is 0 Å². The van der Waals surface area contributed by atoms with Crippen LogP contribution in [0.1, 0.15) is 45.1 Å². The first kappa shape index (κ1) is 23.8. The molecule has 0 bridgehead atoms. The molecule has 0 radical (unpaired) electrons. The number of rotatable bonds is 9. The Labute approximate surface area is 186 Å². The molecular weight excluding hydrogens is 427 g/mol. The standard InChI is InChI=1S/C22H26Cl2N2O4/c1-14(2)16-6-9-18(10-7-16)30-15(3)22(28)26-25-21(27)5-4-12-29-20-11-8-17(23)13-19(20)24/h6-11,13-15H,4-5,12H2,1-3H3,(H,25,27)(H,26,28). The minimum atomic E-state index is -0.759. The van der Waals surface area contributed by atoms with Gasteiger partial charge in [0.25, 0.3) is 5.91 Å². The van der Waals surface area contributed by atoms with Crippen molar-refractivity contribution in [3.8, 4) is 11.5 Å². The number of ether oxygens (including phenoxy) is 2. The van der Waals surface area contributed by atoms with Crippen LogP contribution in [-0.4, -0.2) is 24.5 Å². The molecule has 2 amide bonds. The van der Waals surface area contributed by atoms with E-state index in [0.717, 1.165) is 0 Å². The highest BCUT2D eigenvalue weighted by atomic mass is 35.5. The number of benzene rings is 2. The molecule has 0 aliphatic rings. The highest BCUT2D eigenvalue weighted by Gasteiger charge is 2.15. The van der Waals surface area contributed by atoms with E-state index in [-0.39, 0.29) is 12.3 Å². The first-order chi connectivity index (χ1) is 14.3. The molecule has 0 aliphatic heterocycles. The van der Waals surface area contributed by atoms with Gasteiger partial charge in [0.15, 0.2) is 6.10 Å². The summed E-state index contributed by atoms with van der Waals surface area (Å²) in [4.78, 5) is 24.0. The molecule has 1 unspecified atom stereocenters. The Bertz CT molecular complexity index is 857. The van der Waals surface area contributed by atoms with E-state index in [9.17, 15) is 9.59 Å². The summed E-state index contributed by atoms with van der Waals surface area (Å²) in [5.41, 5.74) is 5.93. The Balaban J connectivity index is 1.66. The molecule has 2 aromatic rings. The quantitative estimate of drug-likeness (QED) is 0.419. The van der Waals surface area contributed by atoms with Crippen LogP contribution in [0.3, 0.4) is 0 Å². The molecule has 0 aliphatic carbocycles. The van der Waals surface area contributed by atoms with Crippen LogP contribution in [-0.2, 0) is 9.59 Å². The Kier molecular flexibility index (Phi) is 9.27. The van der Waals surface area contributed by atoms with Gasteiger partial charge in [0.1, 0.15) is 11.5 Å². The van der Waals surface area contributed by atoms with Crippen molar-refractivity contribution in [2.45, 2.75) is 45.6 Å². The normalized spacial score (nSPS) is 11.7. The zero-order chi connectivity index (χ0) is 22.1. The summed E-state index contributed by atoms with van der Waals surface area (Å²) in [6.07, 6.45) is -0.127. The van der Waals surface area contributed by atoms with Gasteiger partial charge >= 0.3 is 0 Å². The third-order valence-electron chi connectivity index (χ3n) is 4.25. The number of hydrazine groups is 1. The first-order valence-electron chi connectivity index (χ1n) is 9.69. The summed E-state index contributed by atoms with van der Waals surface area (Å²) in [6.45, 7) is 6.12. The lowest BCUT2D eigenvalue weighted by Crippen LogP contribution is -2.47. The van der Waals surface area contributed by atoms with Gasteiger partial charge < -0.3 is 9.47 Å². The van der Waals surface area contributed by atoms with Crippen molar-refractivity contribution in [2.75, 3.05) is 6.61 Å². The molecule has 30 heavy (non-hydrogen) atoms. The van der Waals surface area contributed by atoms with Crippen molar-refractivity contribution in [1.29, 1.82) is 0 Å². The fourth-order valence-corrected chi connectivity index (χ4v) is 2.95. The van der Waals surface area contributed by atoms with Gasteiger partial charge in [0, 0.05) is 11.4 Å². The van der Waals surface area contributed by atoms with Gasteiger partial charge in [-0.15, -0.1) is 0 Å². The maximum Gasteiger partial charge on any atom is 0.279 e. The van der Waals surface area contributed by atoms with E-state index in [2.05, 4.69) is 24.7 Å². The van der Waals surface area contributed by atoms with Crippen molar-refractivity contribution in [1.82, 2.24) is 10.9 Å². The summed E-state index contributed by atoms with van der Waals surface area (Å²) >= 11 is 11.8. The van der Waals surface area contributed by atoms with Crippen LogP contribution < -0.4 is 20.3 Å². The zero-order valence-electron chi connectivity index (χ0n) is 17.2. The van der Waals surface area contributed by atoms with Gasteiger partial charge in [-0.05, 0) is 55.2 Å². The van der Waals surface area contributed by atoms with Crippen LogP contribution >= 0.6 is 23.2 Å². The summed E-state index contributed by atoms with van der Waals surface area (Å²) in [7, 11) is 0. The highest BCUT2D eigenvalue weighted by molar-refractivity contribution is 6.35. The van der Waals surface area contributed by atoms with Crippen LogP contribution in [0.5, 0.6) is 11.5 Å². The van der Waals surface area contributed by atoms with Crippen molar-refractivity contribution in [2.24, 2.45) is 0 Å². The van der Waals surface area contributed by atoms with Gasteiger partial charge in [0.2, 0.25) is 5.91 Å². The molecule has 0 aromatic heterocycles. The maximum absolute atomic E-state index is 12.1. The monoisotopic (exact) mass is 452 g/mol. The van der Waals surface area contributed by atoms with Crippen molar-refractivity contribution >= 4 is 35.0 Å². The number of halogens is 2. The van der Waals surface area contributed by atoms with Crippen LogP contribution in [0.15, 0.2) is 42.5 Å². The highest BCUT2D eigenvalue weighted by Crippen LogP contribution is 2.27. The number of hydrogen-bond acceptors (Lipinski definition) is 4. The minimum Gasteiger partial charge on any atom is -0.492 e. The molecule has 0 saturated heterocycles. The van der Waals surface area contributed by atoms with Crippen LogP contribution in [0.4, 0.5) is 0 Å². The van der Waals surface area contributed by atoms with E-state index in [1.54, 1.807) is 25.1 Å². The molecule has 0 fully saturated rings. The van der Waals surface area contributed by atoms with Gasteiger partial charge in [-0.1, -0.05) is 49.2 Å². The van der Waals surface area contributed by atoms with E-state index in [0.29, 0.717) is 40.5 Å². The van der Waals surface area contributed by atoms with Crippen LogP contribution in [0.25, 0.3) is 0 Å². The second kappa shape index (κ2) is 11.7. The Hall–Kier alpha value is -2.44. The SMILES string of the molecule is CC(Oc1ccc(C(C)C)cc1)C(=O)NNC(=O)CCCOc1ccc(Cl)cc1Cl. The van der Waals surface area contributed by atoms with Crippen molar-refractivity contribution in [3.05, 3.63) is 58.1 Å². The third kappa shape index (κ3) is 7.76. The summed E-state index contributed by atoms with van der Waals surface area (Å²) in [5.74, 6) is 0.736. The second-order valence-electron chi connectivity index (χ2n) is 7.05. The molecule has 6 nitrogen and oxygen atoms in total. The van der Waals surface area contributed by atoms with Crippen molar-refractivity contribution < 1.29 is 19.1 Å². The van der Waals surface area contributed by atoms with Crippen molar-refractivity contribution in [3.63, 3.8) is 0 Å². The summed E-state index contributed by atoms with van der Waals surface area (Å²) in [5, 5.41) is 0.931. The number of amides is 2. The third-order valence-corrected chi connectivity index (χ3v) is 4.78. The second-order valence-corrected chi connectivity index (χ2v) is 7.89. The molecule has 162 valence electrons. The smallest absolute Gasteiger partial charge is 0.279 e. The molecule has 2 N–H and O–H groups in total. The molecule has 2 aromatic carbocycles. The first-order valence-corrected chi connectivity index (χ1v) is 10.4. The van der Waals surface area contributed by atoms with Crippen LogP contribution in [0.2, 0.25) is 10.0 Å². The lowest BCUT2D eigenvalue weighted by molar-refractivity contribution is -0.132. The minimum absolute atomic E-state index is 0.178. The number of carbonyl (C=O) groups excluding carboxylic acids is 2. The maximum atomic E-state index is 12.1. The van der Waals surface area contributed by atoms with Gasteiger partial charge in [-0.25, -0.2) is 0 Å². The number of hydrogen-bond donors (Lipinski definition) is 2. The molecule has 0 saturated carbocycles. The predicted molar refractivity (Wildman–Crippen MR) is 118 cm³/mol. The molecule has 1 atom stereocenters. The van der Waals surface area contributed by atoms with Gasteiger partial charge in [-0.3, -0.25) is 20.4 Å². The van der Waals surface area contributed by atoms with E-state index in [1.807, 2.05) is 24.3 Å². The van der Waals surface area contributed by atoms with Gasteiger partial charge in [-0.2, -0.15) is 0 Å². The largest absolute Gasteiger partial charge is 0.492 e. The molecule has 0 spiro atoms. The Morgan fingerprint density at radius 3 is 2.33 bits per heavy atom. The lowest BCUT2D eigenvalue weighted by atomic mass is 10.0. The zero-order valence-corrected chi connectivity index (χ0v) is 18.7.